The van der Waals surface area contributed by atoms with E-state index < -0.39 is 0 Å². The molecule has 1 N–H and O–H groups in total. The second kappa shape index (κ2) is 5.14. The van der Waals surface area contributed by atoms with Crippen LogP contribution in [0.4, 0.5) is 11.6 Å². The summed E-state index contributed by atoms with van der Waals surface area (Å²) in [5.41, 5.74) is 0. The molecule has 16 heavy (non-hydrogen) atoms. The molecule has 1 aliphatic heterocycles. The molecule has 0 bridgehead atoms. The molecule has 1 aromatic rings. The molecule has 1 aliphatic rings. The Morgan fingerprint density at radius 2 is 2.31 bits per heavy atom. The predicted molar refractivity (Wildman–Crippen MR) is 66.9 cm³/mol. The van der Waals surface area contributed by atoms with E-state index in [1.165, 1.54) is 25.7 Å². The first-order valence-electron chi connectivity index (χ1n) is 6.11. The average molecular weight is 220 g/mol. The lowest BCUT2D eigenvalue weighted by atomic mass is 10.0. The van der Waals surface area contributed by atoms with Gasteiger partial charge in [-0.05, 0) is 25.7 Å². The molecule has 0 radical (unpaired) electrons. The summed E-state index contributed by atoms with van der Waals surface area (Å²) in [6.07, 6.45) is 6.74. The van der Waals surface area contributed by atoms with Gasteiger partial charge in [-0.15, -0.1) is 0 Å². The van der Waals surface area contributed by atoms with Gasteiger partial charge in [-0.1, -0.05) is 6.92 Å². The zero-order valence-corrected chi connectivity index (χ0v) is 10.1. The molecular formula is C12H20N4. The lowest BCUT2D eigenvalue weighted by Crippen LogP contribution is -2.39. The fraction of sp³-hybridized carbons (Fsp3) is 0.667. The Balaban J connectivity index is 2.20. The second-order valence-electron chi connectivity index (χ2n) is 4.26. The van der Waals surface area contributed by atoms with Crippen LogP contribution in [0, 0.1) is 0 Å². The van der Waals surface area contributed by atoms with E-state index >= 15 is 0 Å². The van der Waals surface area contributed by atoms with Crippen molar-refractivity contribution >= 4 is 11.6 Å². The lowest BCUT2D eigenvalue weighted by Gasteiger charge is -2.36. The molecule has 0 saturated carbocycles. The minimum Gasteiger partial charge on any atom is -0.373 e. The van der Waals surface area contributed by atoms with E-state index in [2.05, 4.69) is 27.1 Å². The summed E-state index contributed by atoms with van der Waals surface area (Å²) in [4.78, 5) is 11.0. The third-order valence-electron chi connectivity index (χ3n) is 3.30. The van der Waals surface area contributed by atoms with E-state index in [1.54, 1.807) is 6.33 Å². The first-order valence-corrected chi connectivity index (χ1v) is 6.11. The molecule has 0 spiro atoms. The standard InChI is InChI=1S/C12H20N4/c1-3-10-6-4-5-7-16(10)12-8-11(13-2)14-9-15-12/h8-10H,3-7H2,1-2H3,(H,13,14,15)/t10-/m0/s1. The third-order valence-corrected chi connectivity index (χ3v) is 3.30. The molecule has 1 saturated heterocycles. The van der Waals surface area contributed by atoms with Gasteiger partial charge in [0, 0.05) is 25.7 Å². The summed E-state index contributed by atoms with van der Waals surface area (Å²) < 4.78 is 0. The molecule has 0 aromatic carbocycles. The Kier molecular flexibility index (Phi) is 3.59. The first-order chi connectivity index (χ1) is 7.85. The van der Waals surface area contributed by atoms with Crippen LogP contribution in [0.25, 0.3) is 0 Å². The second-order valence-corrected chi connectivity index (χ2v) is 4.26. The Bertz CT molecular complexity index is 340. The molecule has 0 unspecified atom stereocenters. The van der Waals surface area contributed by atoms with Gasteiger partial charge in [-0.3, -0.25) is 0 Å². The van der Waals surface area contributed by atoms with Crippen LogP contribution < -0.4 is 10.2 Å². The van der Waals surface area contributed by atoms with Crippen LogP contribution >= 0.6 is 0 Å². The van der Waals surface area contributed by atoms with Crippen molar-refractivity contribution in [3.05, 3.63) is 12.4 Å². The topological polar surface area (TPSA) is 41.0 Å². The van der Waals surface area contributed by atoms with E-state index in [4.69, 9.17) is 0 Å². The molecule has 1 atom stereocenters. The number of hydrogen-bond acceptors (Lipinski definition) is 4. The zero-order chi connectivity index (χ0) is 11.4. The van der Waals surface area contributed by atoms with Crippen molar-refractivity contribution in [1.82, 2.24) is 9.97 Å². The highest BCUT2D eigenvalue weighted by Crippen LogP contribution is 2.25. The summed E-state index contributed by atoms with van der Waals surface area (Å²) in [5, 5.41) is 3.06. The van der Waals surface area contributed by atoms with Crippen LogP contribution in [0.5, 0.6) is 0 Å². The molecule has 88 valence electrons. The van der Waals surface area contributed by atoms with Crippen LogP contribution in [-0.2, 0) is 0 Å². The molecule has 1 fully saturated rings. The Morgan fingerprint density at radius 3 is 3.06 bits per heavy atom. The van der Waals surface area contributed by atoms with E-state index in [1.807, 2.05) is 13.1 Å². The summed E-state index contributed by atoms with van der Waals surface area (Å²) in [5.74, 6) is 1.95. The van der Waals surface area contributed by atoms with Crippen molar-refractivity contribution in [2.45, 2.75) is 38.6 Å². The lowest BCUT2D eigenvalue weighted by molar-refractivity contribution is 0.446. The summed E-state index contributed by atoms with van der Waals surface area (Å²) in [7, 11) is 1.89. The number of piperidine rings is 1. The third kappa shape index (κ3) is 2.26. The van der Waals surface area contributed by atoms with Crippen molar-refractivity contribution in [3.8, 4) is 0 Å². The summed E-state index contributed by atoms with van der Waals surface area (Å²) in [6, 6.07) is 2.68. The number of rotatable bonds is 3. The van der Waals surface area contributed by atoms with Crippen molar-refractivity contribution in [2.75, 3.05) is 23.8 Å². The van der Waals surface area contributed by atoms with Crippen molar-refractivity contribution < 1.29 is 0 Å². The molecular weight excluding hydrogens is 200 g/mol. The number of aromatic nitrogens is 2. The van der Waals surface area contributed by atoms with Gasteiger partial charge in [0.15, 0.2) is 0 Å². The SMILES string of the molecule is CC[C@H]1CCCCN1c1cc(NC)ncn1. The first kappa shape index (κ1) is 11.2. The monoisotopic (exact) mass is 220 g/mol. The van der Waals surface area contributed by atoms with Gasteiger partial charge in [0.05, 0.1) is 0 Å². The minimum absolute atomic E-state index is 0.647. The molecule has 4 heteroatoms. The normalized spacial score (nSPS) is 20.9. The van der Waals surface area contributed by atoms with Gasteiger partial charge in [0.25, 0.3) is 0 Å². The highest BCUT2D eigenvalue weighted by molar-refractivity contribution is 5.49. The quantitative estimate of drug-likeness (QED) is 0.848. The highest BCUT2D eigenvalue weighted by atomic mass is 15.2. The van der Waals surface area contributed by atoms with Gasteiger partial charge in [-0.25, -0.2) is 9.97 Å². The van der Waals surface area contributed by atoms with Crippen LogP contribution in [-0.4, -0.2) is 29.6 Å². The van der Waals surface area contributed by atoms with E-state index in [0.717, 1.165) is 18.2 Å². The largest absolute Gasteiger partial charge is 0.373 e. The fourth-order valence-corrected chi connectivity index (χ4v) is 2.37. The van der Waals surface area contributed by atoms with Crippen molar-refractivity contribution in [3.63, 3.8) is 0 Å². The Hall–Kier alpha value is -1.32. The smallest absolute Gasteiger partial charge is 0.134 e. The van der Waals surface area contributed by atoms with Gasteiger partial charge < -0.3 is 10.2 Å². The number of nitrogens with zero attached hydrogens (tertiary/aromatic N) is 3. The maximum atomic E-state index is 4.38. The molecule has 0 amide bonds. The Morgan fingerprint density at radius 1 is 1.44 bits per heavy atom. The average Bonchev–Trinajstić information content (AvgIpc) is 2.38. The van der Waals surface area contributed by atoms with Crippen molar-refractivity contribution in [2.24, 2.45) is 0 Å². The Labute approximate surface area is 97.1 Å². The van der Waals surface area contributed by atoms with Gasteiger partial charge in [0.2, 0.25) is 0 Å². The van der Waals surface area contributed by atoms with Crippen LogP contribution in [0.2, 0.25) is 0 Å². The van der Waals surface area contributed by atoms with Crippen LogP contribution in [0.3, 0.4) is 0 Å². The maximum Gasteiger partial charge on any atom is 0.134 e. The number of nitrogens with one attached hydrogen (secondary N) is 1. The summed E-state index contributed by atoms with van der Waals surface area (Å²) >= 11 is 0. The molecule has 2 rings (SSSR count). The summed E-state index contributed by atoms with van der Waals surface area (Å²) in [6.45, 7) is 3.38. The highest BCUT2D eigenvalue weighted by Gasteiger charge is 2.22. The van der Waals surface area contributed by atoms with Crippen molar-refractivity contribution in [1.29, 1.82) is 0 Å². The zero-order valence-electron chi connectivity index (χ0n) is 10.1. The molecule has 4 nitrogen and oxygen atoms in total. The molecule has 2 heterocycles. The number of anilines is 2. The fourth-order valence-electron chi connectivity index (χ4n) is 2.37. The minimum atomic E-state index is 0.647. The van der Waals surface area contributed by atoms with Gasteiger partial charge in [-0.2, -0.15) is 0 Å². The number of hydrogen-bond donors (Lipinski definition) is 1. The van der Waals surface area contributed by atoms with E-state index in [-0.39, 0.29) is 0 Å². The molecule has 1 aromatic heterocycles. The van der Waals surface area contributed by atoms with Gasteiger partial charge in [0.1, 0.15) is 18.0 Å². The maximum absolute atomic E-state index is 4.38. The van der Waals surface area contributed by atoms with E-state index in [9.17, 15) is 0 Å². The van der Waals surface area contributed by atoms with Crippen LogP contribution in [0.1, 0.15) is 32.6 Å². The van der Waals surface area contributed by atoms with Gasteiger partial charge >= 0.3 is 0 Å². The molecule has 0 aliphatic carbocycles. The van der Waals surface area contributed by atoms with Crippen LogP contribution in [0.15, 0.2) is 12.4 Å². The van der Waals surface area contributed by atoms with E-state index in [0.29, 0.717) is 6.04 Å². The predicted octanol–water partition coefficient (Wildman–Crippen LogP) is 2.29.